The molecule has 132 valence electrons. The molecule has 0 radical (unpaired) electrons. The summed E-state index contributed by atoms with van der Waals surface area (Å²) in [5.74, 6) is -0.969. The molecule has 0 aliphatic carbocycles. The Balaban J connectivity index is 1.53. The number of hydrogen-bond donors (Lipinski definition) is 1. The zero-order valence-corrected chi connectivity index (χ0v) is 13.9. The van der Waals surface area contributed by atoms with Gasteiger partial charge in [-0.15, -0.1) is 0 Å². The first kappa shape index (κ1) is 17.5. The summed E-state index contributed by atoms with van der Waals surface area (Å²) in [6.07, 6.45) is 3.74. The highest BCUT2D eigenvalue weighted by atomic mass is 19.1. The van der Waals surface area contributed by atoms with Gasteiger partial charge in [-0.05, 0) is 49.7 Å². The summed E-state index contributed by atoms with van der Waals surface area (Å²) in [5, 5.41) is 3.31. The highest BCUT2D eigenvalue weighted by molar-refractivity contribution is 5.78. The maximum Gasteiger partial charge on any atom is 0.223 e. The quantitative estimate of drug-likeness (QED) is 0.785. The van der Waals surface area contributed by atoms with Crippen molar-refractivity contribution >= 4 is 5.91 Å². The Hall–Kier alpha value is -2.34. The molecule has 1 atom stereocenters. The molecule has 1 saturated heterocycles. The lowest BCUT2D eigenvalue weighted by atomic mass is 10.1. The van der Waals surface area contributed by atoms with E-state index in [1.165, 1.54) is 0 Å². The van der Waals surface area contributed by atoms with E-state index in [-0.39, 0.29) is 24.1 Å². The van der Waals surface area contributed by atoms with Crippen LogP contribution in [-0.4, -0.2) is 28.4 Å². The number of halogens is 2. The second kappa shape index (κ2) is 8.16. The van der Waals surface area contributed by atoms with Gasteiger partial charge in [-0.1, -0.05) is 6.07 Å². The zero-order chi connectivity index (χ0) is 17.6. The Kier molecular flexibility index (Phi) is 5.71. The number of carbonyl (C=O) groups is 1. The van der Waals surface area contributed by atoms with Crippen molar-refractivity contribution in [3.05, 3.63) is 65.5 Å². The molecular weight excluding hydrogens is 324 g/mol. The van der Waals surface area contributed by atoms with Crippen LogP contribution in [0.5, 0.6) is 0 Å². The van der Waals surface area contributed by atoms with Gasteiger partial charge in [-0.2, -0.15) is 0 Å². The van der Waals surface area contributed by atoms with E-state index in [0.717, 1.165) is 43.3 Å². The Bertz CT molecular complexity index is 724. The third kappa shape index (κ3) is 4.60. The smallest absolute Gasteiger partial charge is 0.223 e. The second-order valence-electron chi connectivity index (χ2n) is 6.24. The third-order valence-electron chi connectivity index (χ3n) is 4.49. The molecule has 25 heavy (non-hydrogen) atoms. The van der Waals surface area contributed by atoms with Crippen LogP contribution in [0.25, 0.3) is 0 Å². The van der Waals surface area contributed by atoms with Gasteiger partial charge in [0.1, 0.15) is 11.6 Å². The predicted octanol–water partition coefficient (Wildman–Crippen LogP) is 3.03. The van der Waals surface area contributed by atoms with Crippen molar-refractivity contribution in [2.24, 2.45) is 0 Å². The highest BCUT2D eigenvalue weighted by Crippen LogP contribution is 2.24. The molecule has 2 aromatic rings. The van der Waals surface area contributed by atoms with Crippen molar-refractivity contribution in [2.75, 3.05) is 6.54 Å². The maximum absolute atomic E-state index is 13.8. The lowest BCUT2D eigenvalue weighted by molar-refractivity contribution is -0.129. The van der Waals surface area contributed by atoms with Gasteiger partial charge >= 0.3 is 0 Å². The SMILES string of the molecule is O=C1CCC(CCNCc2ccccn2)N1Cc1cc(F)ccc1F. The molecule has 1 unspecified atom stereocenters. The minimum Gasteiger partial charge on any atom is -0.335 e. The molecule has 1 N–H and O–H groups in total. The number of rotatable bonds is 7. The van der Waals surface area contributed by atoms with Crippen molar-refractivity contribution < 1.29 is 13.6 Å². The summed E-state index contributed by atoms with van der Waals surface area (Å²) in [7, 11) is 0. The van der Waals surface area contributed by atoms with Gasteiger partial charge in [0.25, 0.3) is 0 Å². The number of hydrogen-bond acceptors (Lipinski definition) is 3. The Morgan fingerprint density at radius 3 is 2.92 bits per heavy atom. The minimum atomic E-state index is -0.489. The molecule has 4 nitrogen and oxygen atoms in total. The maximum atomic E-state index is 13.8. The van der Waals surface area contributed by atoms with E-state index in [1.54, 1.807) is 11.1 Å². The van der Waals surface area contributed by atoms with Gasteiger partial charge in [-0.25, -0.2) is 8.78 Å². The predicted molar refractivity (Wildman–Crippen MR) is 90.5 cm³/mol. The van der Waals surface area contributed by atoms with Crippen LogP contribution in [0, 0.1) is 11.6 Å². The van der Waals surface area contributed by atoms with Gasteiger partial charge in [0.2, 0.25) is 5.91 Å². The number of amides is 1. The topological polar surface area (TPSA) is 45.2 Å². The zero-order valence-electron chi connectivity index (χ0n) is 13.9. The normalized spacial score (nSPS) is 17.3. The van der Waals surface area contributed by atoms with Crippen LogP contribution in [0.15, 0.2) is 42.6 Å². The molecule has 1 aliphatic rings. The fourth-order valence-electron chi connectivity index (χ4n) is 3.15. The molecule has 1 amide bonds. The number of nitrogens with one attached hydrogen (secondary N) is 1. The first-order chi connectivity index (χ1) is 12.1. The Morgan fingerprint density at radius 1 is 1.24 bits per heavy atom. The standard InChI is InChI=1S/C19H21F2N3O/c20-15-4-6-18(21)14(11-15)13-24-17(5-7-19(24)25)8-10-22-12-16-3-1-2-9-23-16/h1-4,6,9,11,17,22H,5,7-8,10,12-13H2. The van der Waals surface area contributed by atoms with Gasteiger partial charge in [0.05, 0.1) is 5.69 Å². The van der Waals surface area contributed by atoms with E-state index in [1.807, 2.05) is 18.2 Å². The second-order valence-corrected chi connectivity index (χ2v) is 6.24. The molecule has 0 saturated carbocycles. The molecule has 1 aliphatic heterocycles. The average molecular weight is 345 g/mol. The summed E-state index contributed by atoms with van der Waals surface area (Å²) in [6, 6.07) is 9.17. The van der Waals surface area contributed by atoms with Crippen molar-refractivity contribution in [3.8, 4) is 0 Å². The molecule has 0 bridgehead atoms. The highest BCUT2D eigenvalue weighted by Gasteiger charge is 2.31. The first-order valence-corrected chi connectivity index (χ1v) is 8.47. The molecular formula is C19H21F2N3O. The van der Waals surface area contributed by atoms with Gasteiger partial charge < -0.3 is 10.2 Å². The van der Waals surface area contributed by atoms with E-state index in [2.05, 4.69) is 10.3 Å². The van der Waals surface area contributed by atoms with Crippen molar-refractivity contribution in [1.29, 1.82) is 0 Å². The molecule has 2 heterocycles. The van der Waals surface area contributed by atoms with Gasteiger partial charge in [0, 0.05) is 37.3 Å². The third-order valence-corrected chi connectivity index (χ3v) is 4.49. The average Bonchev–Trinajstić information content (AvgIpc) is 2.96. The van der Waals surface area contributed by atoms with Crippen LogP contribution in [0.2, 0.25) is 0 Å². The van der Waals surface area contributed by atoms with E-state index >= 15 is 0 Å². The van der Waals surface area contributed by atoms with E-state index in [9.17, 15) is 13.6 Å². The number of nitrogens with zero attached hydrogens (tertiary/aromatic N) is 2. The first-order valence-electron chi connectivity index (χ1n) is 8.47. The van der Waals surface area contributed by atoms with E-state index in [0.29, 0.717) is 13.0 Å². The van der Waals surface area contributed by atoms with Crippen LogP contribution in [0.1, 0.15) is 30.5 Å². The van der Waals surface area contributed by atoms with Gasteiger partial charge in [-0.3, -0.25) is 9.78 Å². The van der Waals surface area contributed by atoms with E-state index < -0.39 is 11.6 Å². The van der Waals surface area contributed by atoms with Crippen molar-refractivity contribution in [2.45, 2.75) is 38.4 Å². The summed E-state index contributed by atoms with van der Waals surface area (Å²) in [4.78, 5) is 18.0. The summed E-state index contributed by atoms with van der Waals surface area (Å²) >= 11 is 0. The van der Waals surface area contributed by atoms with E-state index in [4.69, 9.17) is 0 Å². The number of aromatic nitrogens is 1. The molecule has 6 heteroatoms. The number of carbonyl (C=O) groups excluding carboxylic acids is 1. The molecule has 3 rings (SSSR count). The number of pyridine rings is 1. The van der Waals surface area contributed by atoms with Crippen molar-refractivity contribution in [1.82, 2.24) is 15.2 Å². The van der Waals surface area contributed by atoms with Crippen LogP contribution < -0.4 is 5.32 Å². The van der Waals surface area contributed by atoms with Crippen LogP contribution >= 0.6 is 0 Å². The van der Waals surface area contributed by atoms with Crippen molar-refractivity contribution in [3.63, 3.8) is 0 Å². The largest absolute Gasteiger partial charge is 0.335 e. The number of likely N-dealkylation sites (tertiary alicyclic amines) is 1. The Morgan fingerprint density at radius 2 is 2.12 bits per heavy atom. The van der Waals surface area contributed by atoms with Crippen LogP contribution in [0.4, 0.5) is 8.78 Å². The fourth-order valence-corrected chi connectivity index (χ4v) is 3.15. The summed E-state index contributed by atoms with van der Waals surface area (Å²) in [6.45, 7) is 1.52. The molecule has 1 fully saturated rings. The molecule has 1 aromatic heterocycles. The lowest BCUT2D eigenvalue weighted by Crippen LogP contribution is -2.35. The fraction of sp³-hybridized carbons (Fsp3) is 0.368. The Labute approximate surface area is 145 Å². The van der Waals surface area contributed by atoms with Crippen LogP contribution in [-0.2, 0) is 17.9 Å². The molecule has 0 spiro atoms. The van der Waals surface area contributed by atoms with Crippen LogP contribution in [0.3, 0.4) is 0 Å². The minimum absolute atomic E-state index is 0.00149. The summed E-state index contributed by atoms with van der Waals surface area (Å²) < 4.78 is 27.2. The monoisotopic (exact) mass is 345 g/mol. The summed E-state index contributed by atoms with van der Waals surface area (Å²) in [5.41, 5.74) is 1.19. The number of benzene rings is 1. The van der Waals surface area contributed by atoms with Gasteiger partial charge in [0.15, 0.2) is 0 Å². The lowest BCUT2D eigenvalue weighted by Gasteiger charge is -2.25. The molecule has 1 aromatic carbocycles.